The number of hydrogen-bond donors (Lipinski definition) is 1. The van der Waals surface area contributed by atoms with E-state index in [9.17, 15) is 18.0 Å². The van der Waals surface area contributed by atoms with Crippen molar-refractivity contribution in [2.75, 3.05) is 5.32 Å². The Hall–Kier alpha value is -3.47. The molecule has 3 aromatic heterocycles. The van der Waals surface area contributed by atoms with Crippen molar-refractivity contribution in [1.29, 1.82) is 0 Å². The maximum atomic E-state index is 12.9. The summed E-state index contributed by atoms with van der Waals surface area (Å²) < 4.78 is 45.2. The summed E-state index contributed by atoms with van der Waals surface area (Å²) in [6.07, 6.45) is -4.69. The third kappa shape index (κ3) is 4.04. The fourth-order valence-electron chi connectivity index (χ4n) is 2.47. The van der Waals surface area contributed by atoms with Crippen LogP contribution in [0.15, 0.2) is 47.2 Å². The van der Waals surface area contributed by atoms with E-state index in [2.05, 4.69) is 20.4 Å². The van der Waals surface area contributed by atoms with E-state index in [-0.39, 0.29) is 17.6 Å². The van der Waals surface area contributed by atoms with Crippen LogP contribution in [0.1, 0.15) is 21.9 Å². The Labute approximate surface area is 165 Å². The zero-order valence-electron chi connectivity index (χ0n) is 14.8. The fraction of sp³-hybridized carbons (Fsp3) is 0.111. The summed E-state index contributed by atoms with van der Waals surface area (Å²) in [6, 6.07) is 9.55. The molecule has 0 unspecified atom stereocenters. The standard InChI is InChI=1S/C18H12F3N5O2S/c1-10-8-14(26-17(22-10)24-16(25-26)18(19,20)21)28-13-4-2-12(3-5-13)23-15(27)11-6-7-29-9-11/h2-9H,1H3,(H,23,27). The molecular formula is C18H12F3N5O2S. The molecule has 1 aromatic carbocycles. The third-order valence-corrected chi connectivity index (χ3v) is 4.46. The van der Waals surface area contributed by atoms with Crippen LogP contribution in [0.5, 0.6) is 11.6 Å². The van der Waals surface area contributed by atoms with Crippen LogP contribution in [0.25, 0.3) is 5.78 Å². The quantitative estimate of drug-likeness (QED) is 0.525. The van der Waals surface area contributed by atoms with Gasteiger partial charge in [0.1, 0.15) is 5.75 Å². The van der Waals surface area contributed by atoms with E-state index >= 15 is 0 Å². The minimum Gasteiger partial charge on any atom is -0.439 e. The van der Waals surface area contributed by atoms with Gasteiger partial charge in [0, 0.05) is 22.8 Å². The number of nitrogens with zero attached hydrogens (tertiary/aromatic N) is 4. The number of aryl methyl sites for hydroxylation is 1. The number of nitrogens with one attached hydrogen (secondary N) is 1. The monoisotopic (exact) mass is 419 g/mol. The van der Waals surface area contributed by atoms with E-state index in [1.54, 1.807) is 48.0 Å². The number of alkyl halides is 3. The summed E-state index contributed by atoms with van der Waals surface area (Å²) in [7, 11) is 0. The maximum absolute atomic E-state index is 12.9. The molecule has 0 aliphatic rings. The molecule has 4 aromatic rings. The lowest BCUT2D eigenvalue weighted by atomic mass is 10.2. The molecule has 0 radical (unpaired) electrons. The van der Waals surface area contributed by atoms with Gasteiger partial charge in [-0.05, 0) is 42.6 Å². The van der Waals surface area contributed by atoms with Crippen molar-refractivity contribution in [2.24, 2.45) is 0 Å². The highest BCUT2D eigenvalue weighted by Crippen LogP contribution is 2.29. The van der Waals surface area contributed by atoms with E-state index in [0.29, 0.717) is 22.7 Å². The van der Waals surface area contributed by atoms with Crippen LogP contribution in [-0.4, -0.2) is 25.5 Å². The first kappa shape index (κ1) is 18.9. The van der Waals surface area contributed by atoms with E-state index in [1.165, 1.54) is 17.4 Å². The van der Waals surface area contributed by atoms with Crippen LogP contribution >= 0.6 is 11.3 Å². The molecule has 11 heteroatoms. The van der Waals surface area contributed by atoms with Gasteiger partial charge >= 0.3 is 6.18 Å². The van der Waals surface area contributed by atoms with Gasteiger partial charge in [-0.2, -0.15) is 34.0 Å². The minimum absolute atomic E-state index is 0.0329. The highest BCUT2D eigenvalue weighted by molar-refractivity contribution is 7.08. The van der Waals surface area contributed by atoms with E-state index in [0.717, 1.165) is 4.52 Å². The topological polar surface area (TPSA) is 81.4 Å². The SMILES string of the molecule is Cc1cc(Oc2ccc(NC(=O)c3ccsc3)cc2)n2nc(C(F)(F)F)nc2n1. The fourth-order valence-corrected chi connectivity index (χ4v) is 3.11. The summed E-state index contributed by atoms with van der Waals surface area (Å²) in [5.74, 6) is -1.38. The Bertz CT molecular complexity index is 1170. The number of amides is 1. The zero-order valence-corrected chi connectivity index (χ0v) is 15.6. The second kappa shape index (κ2) is 7.17. The maximum Gasteiger partial charge on any atom is 0.453 e. The van der Waals surface area contributed by atoms with Crippen molar-refractivity contribution < 1.29 is 22.7 Å². The van der Waals surface area contributed by atoms with Crippen LogP contribution in [0.4, 0.5) is 18.9 Å². The molecule has 3 heterocycles. The molecule has 0 saturated carbocycles. The molecular weight excluding hydrogens is 407 g/mol. The average molecular weight is 419 g/mol. The third-order valence-electron chi connectivity index (χ3n) is 3.78. The molecule has 148 valence electrons. The number of aromatic nitrogens is 4. The van der Waals surface area contributed by atoms with Crippen molar-refractivity contribution in [3.8, 4) is 11.6 Å². The molecule has 0 spiro atoms. The van der Waals surface area contributed by atoms with Gasteiger partial charge in [0.05, 0.1) is 5.56 Å². The molecule has 29 heavy (non-hydrogen) atoms. The normalized spacial score (nSPS) is 11.6. The number of hydrogen-bond acceptors (Lipinski definition) is 6. The Morgan fingerprint density at radius 3 is 2.59 bits per heavy atom. The number of halogens is 3. The number of benzene rings is 1. The molecule has 0 aliphatic carbocycles. The second-order valence-electron chi connectivity index (χ2n) is 5.97. The van der Waals surface area contributed by atoms with E-state index in [4.69, 9.17) is 4.74 Å². The molecule has 1 amide bonds. The second-order valence-corrected chi connectivity index (χ2v) is 6.75. The number of thiophene rings is 1. The van der Waals surface area contributed by atoms with Gasteiger partial charge in [-0.25, -0.2) is 4.98 Å². The molecule has 4 rings (SSSR count). The Kier molecular flexibility index (Phi) is 4.66. The predicted molar refractivity (Wildman–Crippen MR) is 99.3 cm³/mol. The summed E-state index contributed by atoms with van der Waals surface area (Å²) >= 11 is 1.42. The van der Waals surface area contributed by atoms with Crippen LogP contribution < -0.4 is 10.1 Å². The number of carbonyl (C=O) groups is 1. The van der Waals surface area contributed by atoms with Crippen molar-refractivity contribution in [1.82, 2.24) is 19.6 Å². The van der Waals surface area contributed by atoms with Crippen molar-refractivity contribution >= 4 is 28.7 Å². The van der Waals surface area contributed by atoms with Crippen LogP contribution in [0, 0.1) is 6.92 Å². The smallest absolute Gasteiger partial charge is 0.439 e. The first-order valence-electron chi connectivity index (χ1n) is 8.23. The summed E-state index contributed by atoms with van der Waals surface area (Å²) in [5, 5.41) is 9.72. The number of carbonyl (C=O) groups excluding carboxylic acids is 1. The number of anilines is 1. The first-order valence-corrected chi connectivity index (χ1v) is 9.17. The zero-order chi connectivity index (χ0) is 20.6. The number of ether oxygens (including phenoxy) is 1. The number of fused-ring (bicyclic) bond motifs is 1. The minimum atomic E-state index is -4.69. The molecule has 0 saturated heterocycles. The Balaban J connectivity index is 1.57. The summed E-state index contributed by atoms with van der Waals surface area (Å²) in [6.45, 7) is 1.61. The van der Waals surface area contributed by atoms with Crippen LogP contribution in [0.2, 0.25) is 0 Å². The lowest BCUT2D eigenvalue weighted by Gasteiger charge is -2.09. The van der Waals surface area contributed by atoms with Gasteiger partial charge < -0.3 is 10.1 Å². The lowest BCUT2D eigenvalue weighted by Crippen LogP contribution is -2.10. The van der Waals surface area contributed by atoms with Gasteiger partial charge in [0.15, 0.2) is 0 Å². The Morgan fingerprint density at radius 2 is 1.93 bits per heavy atom. The van der Waals surface area contributed by atoms with Gasteiger partial charge in [-0.15, -0.1) is 5.10 Å². The van der Waals surface area contributed by atoms with Crippen LogP contribution in [0.3, 0.4) is 0 Å². The molecule has 0 fully saturated rings. The van der Waals surface area contributed by atoms with Crippen molar-refractivity contribution in [3.05, 3.63) is 64.2 Å². The summed E-state index contributed by atoms with van der Waals surface area (Å²) in [5.41, 5.74) is 1.52. The Morgan fingerprint density at radius 1 is 1.17 bits per heavy atom. The van der Waals surface area contributed by atoms with E-state index in [1.807, 2.05) is 0 Å². The molecule has 0 bridgehead atoms. The highest BCUT2D eigenvalue weighted by Gasteiger charge is 2.37. The van der Waals surface area contributed by atoms with Gasteiger partial charge in [-0.3, -0.25) is 4.79 Å². The van der Waals surface area contributed by atoms with Gasteiger partial charge in [0.25, 0.3) is 17.5 Å². The largest absolute Gasteiger partial charge is 0.453 e. The van der Waals surface area contributed by atoms with Crippen molar-refractivity contribution in [3.63, 3.8) is 0 Å². The van der Waals surface area contributed by atoms with Crippen molar-refractivity contribution in [2.45, 2.75) is 13.1 Å². The molecule has 0 aliphatic heterocycles. The molecule has 1 N–H and O–H groups in total. The molecule has 0 atom stereocenters. The van der Waals surface area contributed by atoms with Gasteiger partial charge in [0.2, 0.25) is 5.88 Å². The predicted octanol–water partition coefficient (Wildman–Crippen LogP) is 4.56. The highest BCUT2D eigenvalue weighted by atomic mass is 32.1. The molecule has 7 nitrogen and oxygen atoms in total. The van der Waals surface area contributed by atoms with Crippen LogP contribution in [-0.2, 0) is 6.18 Å². The summed E-state index contributed by atoms with van der Waals surface area (Å²) in [4.78, 5) is 19.4. The van der Waals surface area contributed by atoms with Gasteiger partial charge in [-0.1, -0.05) is 0 Å². The average Bonchev–Trinajstić information content (AvgIpc) is 3.32. The van der Waals surface area contributed by atoms with E-state index < -0.39 is 12.0 Å². The number of rotatable bonds is 4. The lowest BCUT2D eigenvalue weighted by molar-refractivity contribution is -0.144. The first-order chi connectivity index (χ1) is 13.8.